The van der Waals surface area contributed by atoms with Gasteiger partial charge in [0.1, 0.15) is 0 Å². The fourth-order valence-corrected chi connectivity index (χ4v) is 0.367. The van der Waals surface area contributed by atoms with Gasteiger partial charge < -0.3 is 5.73 Å². The van der Waals surface area contributed by atoms with Crippen LogP contribution in [-0.4, -0.2) is 5.84 Å². The highest BCUT2D eigenvalue weighted by molar-refractivity contribution is 5.76. The number of unbranched alkanes of at least 4 members (excludes halogenated alkanes) is 1. The SMILES string of the molecule is CC.CCCCC(=N)N. The first-order valence-electron chi connectivity index (χ1n) is 3.60. The summed E-state index contributed by atoms with van der Waals surface area (Å²) in [6.07, 6.45) is 2.94. The summed E-state index contributed by atoms with van der Waals surface area (Å²) in [4.78, 5) is 0. The van der Waals surface area contributed by atoms with Crippen molar-refractivity contribution in [3.63, 3.8) is 0 Å². The number of nitrogens with one attached hydrogen (secondary N) is 1. The molecule has 0 heterocycles. The highest BCUT2D eigenvalue weighted by Gasteiger charge is 1.83. The van der Waals surface area contributed by atoms with Crippen LogP contribution < -0.4 is 5.73 Å². The normalized spacial score (nSPS) is 7.44. The Morgan fingerprint density at radius 2 is 1.89 bits per heavy atom. The lowest BCUT2D eigenvalue weighted by Gasteiger charge is -1.90. The summed E-state index contributed by atoms with van der Waals surface area (Å²) >= 11 is 0. The van der Waals surface area contributed by atoms with Gasteiger partial charge >= 0.3 is 0 Å². The summed E-state index contributed by atoms with van der Waals surface area (Å²) in [5, 5.41) is 6.78. The van der Waals surface area contributed by atoms with Crippen LogP contribution in [0.15, 0.2) is 0 Å². The minimum absolute atomic E-state index is 0.307. The molecule has 0 bridgehead atoms. The largest absolute Gasteiger partial charge is 0.388 e. The van der Waals surface area contributed by atoms with Crippen LogP contribution in [0.25, 0.3) is 0 Å². The first-order valence-corrected chi connectivity index (χ1v) is 3.60. The van der Waals surface area contributed by atoms with E-state index in [-0.39, 0.29) is 0 Å². The maximum absolute atomic E-state index is 6.78. The Bertz CT molecular complexity index is 59.9. The molecule has 2 nitrogen and oxygen atoms in total. The zero-order valence-corrected chi connectivity index (χ0v) is 6.70. The molecule has 0 radical (unpaired) electrons. The van der Waals surface area contributed by atoms with Crippen molar-refractivity contribution in [3.05, 3.63) is 0 Å². The van der Waals surface area contributed by atoms with Gasteiger partial charge in [-0.05, 0) is 6.42 Å². The van der Waals surface area contributed by atoms with Gasteiger partial charge in [0.2, 0.25) is 0 Å². The highest BCUT2D eigenvalue weighted by atomic mass is 14.7. The van der Waals surface area contributed by atoms with E-state index in [9.17, 15) is 0 Å². The molecule has 0 aliphatic heterocycles. The molecule has 9 heavy (non-hydrogen) atoms. The van der Waals surface area contributed by atoms with E-state index < -0.39 is 0 Å². The third kappa shape index (κ3) is 18.6. The maximum atomic E-state index is 6.78. The molecule has 0 fully saturated rings. The van der Waals surface area contributed by atoms with Crippen molar-refractivity contribution < 1.29 is 0 Å². The molecule has 0 unspecified atom stereocenters. The van der Waals surface area contributed by atoms with Crippen molar-refractivity contribution in [1.29, 1.82) is 5.41 Å². The Hall–Kier alpha value is -0.530. The molecule has 0 rings (SSSR count). The summed E-state index contributed by atoms with van der Waals surface area (Å²) in [5.41, 5.74) is 5.06. The van der Waals surface area contributed by atoms with E-state index in [1.807, 2.05) is 13.8 Å². The van der Waals surface area contributed by atoms with E-state index in [2.05, 4.69) is 6.92 Å². The summed E-state index contributed by atoms with van der Waals surface area (Å²) < 4.78 is 0. The Labute approximate surface area is 58.0 Å². The monoisotopic (exact) mass is 130 g/mol. The molecule has 0 amide bonds. The number of amidine groups is 1. The highest BCUT2D eigenvalue weighted by Crippen LogP contribution is 1.90. The summed E-state index contributed by atoms with van der Waals surface area (Å²) in [7, 11) is 0. The second-order valence-corrected chi connectivity index (χ2v) is 1.63. The molecule has 0 aromatic rings. The topological polar surface area (TPSA) is 49.9 Å². The Morgan fingerprint density at radius 3 is 2.00 bits per heavy atom. The fourth-order valence-electron chi connectivity index (χ4n) is 0.367. The van der Waals surface area contributed by atoms with Gasteiger partial charge in [0.25, 0.3) is 0 Å². The molecule has 0 aliphatic carbocycles. The molecule has 0 atom stereocenters. The summed E-state index contributed by atoms with van der Waals surface area (Å²) in [6.45, 7) is 6.09. The zero-order valence-electron chi connectivity index (χ0n) is 6.70. The molecule has 56 valence electrons. The van der Waals surface area contributed by atoms with E-state index >= 15 is 0 Å². The summed E-state index contributed by atoms with van der Waals surface area (Å²) in [6, 6.07) is 0. The van der Waals surface area contributed by atoms with Crippen LogP contribution in [0, 0.1) is 5.41 Å². The van der Waals surface area contributed by atoms with Crippen molar-refractivity contribution in [2.45, 2.75) is 40.0 Å². The van der Waals surface area contributed by atoms with Crippen molar-refractivity contribution >= 4 is 5.84 Å². The summed E-state index contributed by atoms with van der Waals surface area (Å²) in [5.74, 6) is 0.307. The van der Waals surface area contributed by atoms with Crippen LogP contribution >= 0.6 is 0 Å². The second kappa shape index (κ2) is 10.5. The van der Waals surface area contributed by atoms with Crippen LogP contribution in [0.5, 0.6) is 0 Å². The molecule has 2 heteroatoms. The quantitative estimate of drug-likeness (QED) is 0.446. The lowest BCUT2D eigenvalue weighted by atomic mass is 10.2. The van der Waals surface area contributed by atoms with E-state index in [1.54, 1.807) is 0 Å². The number of rotatable bonds is 3. The molecule has 3 N–H and O–H groups in total. The van der Waals surface area contributed by atoms with E-state index in [0.29, 0.717) is 5.84 Å². The van der Waals surface area contributed by atoms with Crippen LogP contribution in [0.4, 0.5) is 0 Å². The molecular weight excluding hydrogens is 112 g/mol. The van der Waals surface area contributed by atoms with Gasteiger partial charge in [0, 0.05) is 6.42 Å². The Morgan fingerprint density at radius 1 is 1.44 bits per heavy atom. The van der Waals surface area contributed by atoms with Crippen LogP contribution in [-0.2, 0) is 0 Å². The van der Waals surface area contributed by atoms with E-state index in [4.69, 9.17) is 11.1 Å². The predicted molar refractivity (Wildman–Crippen MR) is 42.8 cm³/mol. The maximum Gasteiger partial charge on any atom is 0.0905 e. The average molecular weight is 130 g/mol. The molecule has 0 saturated heterocycles. The number of hydrogen-bond acceptors (Lipinski definition) is 1. The van der Waals surface area contributed by atoms with Crippen LogP contribution in [0.2, 0.25) is 0 Å². The Kier molecular flexibility index (Phi) is 13.1. The first-order chi connectivity index (χ1) is 4.27. The van der Waals surface area contributed by atoms with Gasteiger partial charge in [-0.2, -0.15) is 0 Å². The Balaban J connectivity index is 0. The number of hydrogen-bond donors (Lipinski definition) is 2. The van der Waals surface area contributed by atoms with Gasteiger partial charge in [-0.1, -0.05) is 27.2 Å². The minimum atomic E-state index is 0.307. The van der Waals surface area contributed by atoms with Crippen molar-refractivity contribution in [1.82, 2.24) is 0 Å². The molecule has 0 saturated carbocycles. The smallest absolute Gasteiger partial charge is 0.0905 e. The molecule has 0 aromatic carbocycles. The van der Waals surface area contributed by atoms with Crippen molar-refractivity contribution in [2.24, 2.45) is 5.73 Å². The van der Waals surface area contributed by atoms with Gasteiger partial charge in [-0.3, -0.25) is 5.41 Å². The number of nitrogens with two attached hydrogens (primary N) is 1. The molecule has 0 aromatic heterocycles. The van der Waals surface area contributed by atoms with Crippen molar-refractivity contribution in [2.75, 3.05) is 0 Å². The van der Waals surface area contributed by atoms with E-state index in [1.165, 1.54) is 0 Å². The van der Waals surface area contributed by atoms with Crippen LogP contribution in [0.1, 0.15) is 40.0 Å². The van der Waals surface area contributed by atoms with Gasteiger partial charge in [-0.15, -0.1) is 0 Å². The average Bonchev–Trinajstić information content (AvgIpc) is 1.88. The lowest BCUT2D eigenvalue weighted by Crippen LogP contribution is -2.07. The standard InChI is InChI=1S/C5H12N2.C2H6/c1-2-3-4-5(6)7;1-2/h2-4H2,1H3,(H3,6,7);1-2H3. The van der Waals surface area contributed by atoms with Gasteiger partial charge in [-0.25, -0.2) is 0 Å². The molecule has 0 aliphatic rings. The van der Waals surface area contributed by atoms with Gasteiger partial charge in [0.15, 0.2) is 0 Å². The fraction of sp³-hybridized carbons (Fsp3) is 0.857. The van der Waals surface area contributed by atoms with Crippen molar-refractivity contribution in [3.8, 4) is 0 Å². The molecule has 0 spiro atoms. The molecular formula is C7H18N2. The third-order valence-electron chi connectivity index (χ3n) is 0.800. The zero-order chi connectivity index (χ0) is 7.70. The third-order valence-corrected chi connectivity index (χ3v) is 0.800. The van der Waals surface area contributed by atoms with E-state index in [0.717, 1.165) is 19.3 Å². The van der Waals surface area contributed by atoms with Crippen LogP contribution in [0.3, 0.4) is 0 Å². The minimum Gasteiger partial charge on any atom is -0.388 e. The van der Waals surface area contributed by atoms with Gasteiger partial charge in [0.05, 0.1) is 5.84 Å². The predicted octanol–water partition coefficient (Wildman–Crippen LogP) is 2.14. The second-order valence-electron chi connectivity index (χ2n) is 1.63. The lowest BCUT2D eigenvalue weighted by molar-refractivity contribution is 0.828. The first kappa shape index (κ1) is 11.3.